The van der Waals surface area contributed by atoms with Crippen molar-refractivity contribution >= 4 is 5.91 Å². The third kappa shape index (κ3) is 3.37. The zero-order valence-electron chi connectivity index (χ0n) is 8.88. The van der Waals surface area contributed by atoms with Crippen molar-refractivity contribution in [2.75, 3.05) is 13.1 Å². The predicted octanol–water partition coefficient (Wildman–Crippen LogP) is 2.44. The van der Waals surface area contributed by atoms with E-state index >= 15 is 0 Å². The molecule has 0 aromatic rings. The van der Waals surface area contributed by atoms with Crippen LogP contribution >= 0.6 is 0 Å². The minimum Gasteiger partial charge on any atom is -0.342 e. The number of hydrogen-bond donors (Lipinski definition) is 0. The van der Waals surface area contributed by atoms with E-state index in [1.165, 1.54) is 32.1 Å². The van der Waals surface area contributed by atoms with Crippen LogP contribution in [0.15, 0.2) is 0 Å². The van der Waals surface area contributed by atoms with E-state index in [0.717, 1.165) is 13.1 Å². The fourth-order valence-electron chi connectivity index (χ4n) is 1.83. The maximum absolute atomic E-state index is 11.7. The Morgan fingerprint density at radius 3 is 1.92 bits per heavy atom. The zero-order chi connectivity index (χ0) is 9.68. The molecule has 0 aromatic carbocycles. The van der Waals surface area contributed by atoms with Crippen LogP contribution in [0.2, 0.25) is 0 Å². The summed E-state index contributed by atoms with van der Waals surface area (Å²) in [6.45, 7) is 5.94. The molecule has 1 saturated heterocycles. The Bertz CT molecular complexity index is 157. The summed E-state index contributed by atoms with van der Waals surface area (Å²) in [4.78, 5) is 13.7. The molecule has 1 aliphatic rings. The summed E-state index contributed by atoms with van der Waals surface area (Å²) in [6, 6.07) is 0. The van der Waals surface area contributed by atoms with Gasteiger partial charge in [0.05, 0.1) is 0 Å². The van der Waals surface area contributed by atoms with Gasteiger partial charge in [-0.1, -0.05) is 33.1 Å². The predicted molar refractivity (Wildman–Crippen MR) is 54.5 cm³/mol. The first-order valence-electron chi connectivity index (χ1n) is 5.50. The molecule has 2 nitrogen and oxygen atoms in total. The lowest BCUT2D eigenvalue weighted by atomic mass is 10.1. The molecule has 0 saturated carbocycles. The van der Waals surface area contributed by atoms with Crippen LogP contribution in [0, 0.1) is 5.92 Å². The Morgan fingerprint density at radius 2 is 1.46 bits per heavy atom. The maximum Gasteiger partial charge on any atom is 0.225 e. The first-order valence-corrected chi connectivity index (χ1v) is 5.50. The topological polar surface area (TPSA) is 20.3 Å². The number of amides is 1. The Kier molecular flexibility index (Phi) is 4.26. The molecule has 0 bridgehead atoms. The van der Waals surface area contributed by atoms with E-state index in [9.17, 15) is 4.79 Å². The molecule has 0 atom stereocenters. The van der Waals surface area contributed by atoms with Crippen LogP contribution < -0.4 is 0 Å². The van der Waals surface area contributed by atoms with Crippen molar-refractivity contribution in [1.29, 1.82) is 0 Å². The van der Waals surface area contributed by atoms with Gasteiger partial charge in [-0.15, -0.1) is 0 Å². The Morgan fingerprint density at radius 1 is 1.00 bits per heavy atom. The van der Waals surface area contributed by atoms with E-state index < -0.39 is 0 Å². The van der Waals surface area contributed by atoms with Crippen LogP contribution in [-0.2, 0) is 4.79 Å². The number of rotatable bonds is 1. The molecule has 2 heteroatoms. The van der Waals surface area contributed by atoms with Crippen LogP contribution in [-0.4, -0.2) is 23.9 Å². The normalized spacial score (nSPS) is 19.8. The van der Waals surface area contributed by atoms with Crippen molar-refractivity contribution in [1.82, 2.24) is 4.90 Å². The van der Waals surface area contributed by atoms with Crippen molar-refractivity contribution in [3.8, 4) is 0 Å². The molecule has 0 N–H and O–H groups in total. The van der Waals surface area contributed by atoms with Gasteiger partial charge >= 0.3 is 0 Å². The molecule has 1 rings (SSSR count). The number of carbonyl (C=O) groups is 1. The highest BCUT2D eigenvalue weighted by Gasteiger charge is 2.16. The van der Waals surface area contributed by atoms with Crippen molar-refractivity contribution in [2.45, 2.75) is 46.0 Å². The van der Waals surface area contributed by atoms with E-state index in [4.69, 9.17) is 0 Å². The number of likely N-dealkylation sites (tertiary alicyclic amines) is 1. The molecule has 0 unspecified atom stereocenters. The van der Waals surface area contributed by atoms with Crippen LogP contribution in [0.25, 0.3) is 0 Å². The van der Waals surface area contributed by atoms with Crippen molar-refractivity contribution in [2.24, 2.45) is 5.92 Å². The summed E-state index contributed by atoms with van der Waals surface area (Å²) >= 11 is 0. The van der Waals surface area contributed by atoms with Crippen molar-refractivity contribution in [3.05, 3.63) is 0 Å². The molecule has 0 aliphatic carbocycles. The fraction of sp³-hybridized carbons (Fsp3) is 0.909. The highest BCUT2D eigenvalue weighted by Crippen LogP contribution is 2.12. The van der Waals surface area contributed by atoms with Crippen molar-refractivity contribution in [3.63, 3.8) is 0 Å². The molecule has 1 heterocycles. The van der Waals surface area contributed by atoms with Gasteiger partial charge < -0.3 is 4.90 Å². The zero-order valence-corrected chi connectivity index (χ0v) is 8.88. The van der Waals surface area contributed by atoms with Crippen LogP contribution in [0.3, 0.4) is 0 Å². The monoisotopic (exact) mass is 183 g/mol. The van der Waals surface area contributed by atoms with E-state index in [0.29, 0.717) is 5.91 Å². The molecule has 0 spiro atoms. The molecule has 1 fully saturated rings. The molecule has 0 radical (unpaired) electrons. The standard InChI is InChI=1S/C11H21NO/c1-10(2)11(13)12-8-6-4-3-5-7-9-12/h10H,3-9H2,1-2H3. The van der Waals surface area contributed by atoms with E-state index in [1.807, 2.05) is 18.7 Å². The van der Waals surface area contributed by atoms with Gasteiger partial charge in [-0.2, -0.15) is 0 Å². The summed E-state index contributed by atoms with van der Waals surface area (Å²) in [7, 11) is 0. The van der Waals surface area contributed by atoms with Crippen LogP contribution in [0.1, 0.15) is 46.0 Å². The lowest BCUT2D eigenvalue weighted by Gasteiger charge is -2.26. The van der Waals surface area contributed by atoms with Gasteiger partial charge in [0.1, 0.15) is 0 Å². The van der Waals surface area contributed by atoms with E-state index in [2.05, 4.69) is 0 Å². The van der Waals surface area contributed by atoms with Gasteiger partial charge in [-0.25, -0.2) is 0 Å². The average Bonchev–Trinajstić information content (AvgIpc) is 2.02. The number of hydrogen-bond acceptors (Lipinski definition) is 1. The molecular formula is C11H21NO. The SMILES string of the molecule is CC(C)C(=O)N1CCCCCCC1. The molecule has 13 heavy (non-hydrogen) atoms. The minimum absolute atomic E-state index is 0.166. The third-order valence-corrected chi connectivity index (χ3v) is 2.66. The Labute approximate surface area is 81.3 Å². The molecule has 1 aliphatic heterocycles. The highest BCUT2D eigenvalue weighted by atomic mass is 16.2. The van der Waals surface area contributed by atoms with Gasteiger partial charge in [0.15, 0.2) is 0 Å². The summed E-state index contributed by atoms with van der Waals surface area (Å²) in [5.41, 5.74) is 0. The second-order valence-corrected chi connectivity index (χ2v) is 4.25. The maximum atomic E-state index is 11.7. The van der Waals surface area contributed by atoms with Crippen molar-refractivity contribution < 1.29 is 4.79 Å². The van der Waals surface area contributed by atoms with E-state index in [1.54, 1.807) is 0 Å². The fourth-order valence-corrected chi connectivity index (χ4v) is 1.83. The van der Waals surface area contributed by atoms with Crippen LogP contribution in [0.5, 0.6) is 0 Å². The first kappa shape index (κ1) is 10.6. The van der Waals surface area contributed by atoms with Gasteiger partial charge in [0.2, 0.25) is 5.91 Å². The molecule has 0 aromatic heterocycles. The molecular weight excluding hydrogens is 162 g/mol. The molecule has 1 amide bonds. The Balaban J connectivity index is 2.41. The molecule has 76 valence electrons. The summed E-state index contributed by atoms with van der Waals surface area (Å²) in [6.07, 6.45) is 6.32. The smallest absolute Gasteiger partial charge is 0.225 e. The second kappa shape index (κ2) is 5.25. The number of nitrogens with zero attached hydrogens (tertiary/aromatic N) is 1. The van der Waals surface area contributed by atoms with Gasteiger partial charge in [0.25, 0.3) is 0 Å². The minimum atomic E-state index is 0.166. The lowest BCUT2D eigenvalue weighted by molar-refractivity contribution is -0.134. The summed E-state index contributed by atoms with van der Waals surface area (Å²) in [5.74, 6) is 0.501. The second-order valence-electron chi connectivity index (χ2n) is 4.25. The quantitative estimate of drug-likeness (QED) is 0.611. The Hall–Kier alpha value is -0.530. The van der Waals surface area contributed by atoms with Gasteiger partial charge in [-0.3, -0.25) is 4.79 Å². The third-order valence-electron chi connectivity index (χ3n) is 2.66. The van der Waals surface area contributed by atoms with E-state index in [-0.39, 0.29) is 5.92 Å². The highest BCUT2D eigenvalue weighted by molar-refractivity contribution is 5.78. The lowest BCUT2D eigenvalue weighted by Crippen LogP contribution is -2.36. The van der Waals surface area contributed by atoms with Gasteiger partial charge in [-0.05, 0) is 12.8 Å². The average molecular weight is 183 g/mol. The summed E-state index contributed by atoms with van der Waals surface area (Å²) < 4.78 is 0. The van der Waals surface area contributed by atoms with Crippen LogP contribution in [0.4, 0.5) is 0 Å². The first-order chi connectivity index (χ1) is 6.22. The largest absolute Gasteiger partial charge is 0.342 e. The van der Waals surface area contributed by atoms with Gasteiger partial charge in [0, 0.05) is 19.0 Å². The number of carbonyl (C=O) groups excluding carboxylic acids is 1. The summed E-state index contributed by atoms with van der Waals surface area (Å²) in [5, 5.41) is 0.